The molecule has 4 rings (SSSR count). The summed E-state index contributed by atoms with van der Waals surface area (Å²) in [6.07, 6.45) is 1.21. The van der Waals surface area contributed by atoms with Crippen molar-refractivity contribution < 1.29 is 76.9 Å². The molecule has 40 nitrogen and oxygen atoms in total. The maximum Gasteiger partial charge on any atom is 0.315 e. The SMILES string of the molecule is CC[C@H](C)[C@H](NC(=O)[C@@H]1CCCN1C(=O)[C@H](CCCCN)NC(=O)CNC(=O)CC(=O)OC)C(=O)N[C@@H](CC(C)C)C(=O)N[C@@H](Cc1ccccc1)C(=O)N[C@@H](Cc1ccccc1)C(=O)N[C@@H](CCCN=C(N)N)C(=O)N[C@@H](CC(C)C)C(=O)N[C@@H](CCCCNc1ccc([N+](=O)[O-])cc1[N+](=O)[O-])C(=O)N[C@H](CCCN=C(N)N)C(N)=O. The molecular weight excluding hydrogens is 1520 g/mol. The molecule has 0 bridgehead atoms. The summed E-state index contributed by atoms with van der Waals surface area (Å²) in [7, 11) is 1.10. The second-order valence-electron chi connectivity index (χ2n) is 29.5. The first-order valence-electron chi connectivity index (χ1n) is 39.3. The van der Waals surface area contributed by atoms with Crippen molar-refractivity contribution in [2.24, 2.45) is 62.1 Å². The van der Waals surface area contributed by atoms with Gasteiger partial charge in [-0.1, -0.05) is 109 Å². The van der Waals surface area contributed by atoms with E-state index in [4.69, 9.17) is 34.4 Å². The van der Waals surface area contributed by atoms with Crippen molar-refractivity contribution in [3.8, 4) is 0 Å². The number of methoxy groups -OCH3 is 1. The highest BCUT2D eigenvalue weighted by molar-refractivity contribution is 6.00. The molecule has 1 fully saturated rings. The maximum absolute atomic E-state index is 15.2. The van der Waals surface area contributed by atoms with Crippen molar-refractivity contribution in [1.82, 2.24) is 58.1 Å². The van der Waals surface area contributed by atoms with Crippen molar-refractivity contribution in [3.05, 3.63) is 110 Å². The molecule has 0 unspecified atom stereocenters. The fourth-order valence-corrected chi connectivity index (χ4v) is 12.8. The molecule has 0 saturated carbocycles. The summed E-state index contributed by atoms with van der Waals surface area (Å²) in [5.41, 5.74) is 33.8. The number of primary amides is 1. The molecule has 3 aromatic carbocycles. The van der Waals surface area contributed by atoms with Crippen LogP contribution in [0.5, 0.6) is 0 Å². The lowest BCUT2D eigenvalue weighted by atomic mass is 9.96. The van der Waals surface area contributed by atoms with Gasteiger partial charge in [0.2, 0.25) is 70.9 Å². The van der Waals surface area contributed by atoms with Crippen LogP contribution in [0.4, 0.5) is 17.1 Å². The number of amides is 12. The van der Waals surface area contributed by atoms with E-state index in [1.807, 2.05) is 0 Å². The van der Waals surface area contributed by atoms with E-state index >= 15 is 14.4 Å². The zero-order valence-electron chi connectivity index (χ0n) is 67.5. The smallest absolute Gasteiger partial charge is 0.315 e. The maximum atomic E-state index is 15.2. The van der Waals surface area contributed by atoms with Crippen LogP contribution in [-0.2, 0) is 79.9 Å². The van der Waals surface area contributed by atoms with Crippen LogP contribution >= 0.6 is 0 Å². The topological polar surface area (TPSA) is 634 Å². The minimum atomic E-state index is -1.51. The van der Waals surface area contributed by atoms with Gasteiger partial charge in [0.05, 0.1) is 29.6 Å². The summed E-state index contributed by atoms with van der Waals surface area (Å²) in [6.45, 7) is 10.5. The van der Waals surface area contributed by atoms with E-state index in [0.29, 0.717) is 36.8 Å². The van der Waals surface area contributed by atoms with Crippen LogP contribution in [0.15, 0.2) is 88.8 Å². The Morgan fingerprint density at radius 2 is 1.00 bits per heavy atom. The van der Waals surface area contributed by atoms with Gasteiger partial charge in [-0.3, -0.25) is 92.5 Å². The monoisotopic (exact) mass is 1640 g/mol. The number of benzene rings is 3. The number of hydrogen-bond acceptors (Lipinski definition) is 22. The first kappa shape index (κ1) is 97.2. The third-order valence-corrected chi connectivity index (χ3v) is 19.1. The third-order valence-electron chi connectivity index (χ3n) is 19.1. The fourth-order valence-electron chi connectivity index (χ4n) is 12.8. The van der Waals surface area contributed by atoms with Crippen LogP contribution in [0, 0.1) is 38.0 Å². The Kier molecular flexibility index (Phi) is 42.3. The van der Waals surface area contributed by atoms with Gasteiger partial charge in [0.25, 0.3) is 11.4 Å². The number of non-ortho nitro benzene ring substituents is 1. The average molecular weight is 1640 g/mol. The molecule has 117 heavy (non-hydrogen) atoms. The Balaban J connectivity index is 1.67. The molecule has 0 aromatic heterocycles. The van der Waals surface area contributed by atoms with E-state index in [2.05, 4.69) is 73.2 Å². The molecule has 11 atom stereocenters. The number of anilines is 1. The number of carbonyl (C=O) groups is 13. The highest BCUT2D eigenvalue weighted by atomic mass is 16.6. The molecule has 1 aliphatic rings. The van der Waals surface area contributed by atoms with Gasteiger partial charge in [-0.05, 0) is 131 Å². The van der Waals surface area contributed by atoms with Crippen LogP contribution in [0.25, 0.3) is 0 Å². The molecule has 0 spiro atoms. The molecule has 40 heteroatoms. The van der Waals surface area contributed by atoms with Gasteiger partial charge >= 0.3 is 5.97 Å². The van der Waals surface area contributed by atoms with Crippen LogP contribution in [0.3, 0.4) is 0 Å². The number of carbonyl (C=O) groups excluding carboxylic acids is 13. The van der Waals surface area contributed by atoms with Crippen LogP contribution in [0.1, 0.15) is 155 Å². The number of unbranched alkanes of at least 4 members (excludes halogenated alkanes) is 2. The first-order valence-corrected chi connectivity index (χ1v) is 39.3. The lowest BCUT2D eigenvalue weighted by Gasteiger charge is -2.32. The van der Waals surface area contributed by atoms with Crippen molar-refractivity contribution in [1.29, 1.82) is 0 Å². The van der Waals surface area contributed by atoms with E-state index in [-0.39, 0.29) is 146 Å². The molecule has 12 amide bonds. The van der Waals surface area contributed by atoms with Crippen LogP contribution in [0.2, 0.25) is 0 Å². The summed E-state index contributed by atoms with van der Waals surface area (Å²) in [4.78, 5) is 214. The van der Waals surface area contributed by atoms with Crippen molar-refractivity contribution in [2.75, 3.05) is 51.7 Å². The second-order valence-corrected chi connectivity index (χ2v) is 29.5. The number of nitro groups is 2. The van der Waals surface area contributed by atoms with E-state index in [1.54, 1.807) is 102 Å². The fraction of sp³-hybridized carbons (Fsp3) is 0.571. The number of nitrogens with zero attached hydrogens (tertiary/aromatic N) is 5. The Morgan fingerprint density at radius 1 is 0.538 bits per heavy atom. The van der Waals surface area contributed by atoms with Crippen molar-refractivity contribution in [2.45, 2.75) is 218 Å². The second kappa shape index (κ2) is 51.0. The van der Waals surface area contributed by atoms with Crippen LogP contribution < -0.4 is 92.9 Å². The number of guanidine groups is 2. The molecule has 23 N–H and O–H groups in total. The Morgan fingerprint density at radius 3 is 1.48 bits per heavy atom. The minimum Gasteiger partial charge on any atom is -0.469 e. The summed E-state index contributed by atoms with van der Waals surface area (Å²) < 4.78 is 4.51. The molecular formula is C77H118N22O18. The Hall–Kier alpha value is -12.1. The van der Waals surface area contributed by atoms with Gasteiger partial charge in [-0.25, -0.2) is 0 Å². The molecule has 1 heterocycles. The van der Waals surface area contributed by atoms with Crippen LogP contribution in [-0.4, -0.2) is 210 Å². The highest BCUT2D eigenvalue weighted by Crippen LogP contribution is 2.29. The molecule has 1 aliphatic heterocycles. The first-order chi connectivity index (χ1) is 55.5. The van der Waals surface area contributed by atoms with Gasteiger partial charge < -0.3 is 103 Å². The quantitative estimate of drug-likeness (QED) is 0.00642. The van der Waals surface area contributed by atoms with E-state index < -0.39 is 177 Å². The van der Waals surface area contributed by atoms with E-state index in [9.17, 15) is 68.2 Å². The largest absolute Gasteiger partial charge is 0.469 e. The minimum absolute atomic E-state index is 0.0163. The number of esters is 1. The highest BCUT2D eigenvalue weighted by Gasteiger charge is 2.42. The zero-order chi connectivity index (χ0) is 86.8. The average Bonchev–Trinajstić information content (AvgIpc) is 1.81. The van der Waals surface area contributed by atoms with Gasteiger partial charge in [-0.15, -0.1) is 0 Å². The number of hydrogen-bond donors (Lipinski definition) is 17. The van der Waals surface area contributed by atoms with Crippen molar-refractivity contribution in [3.63, 3.8) is 0 Å². The lowest BCUT2D eigenvalue weighted by Crippen LogP contribution is -2.61. The number of nitrogens with one attached hydrogen (secondary N) is 11. The molecule has 3 aromatic rings. The number of likely N-dealkylation sites (tertiary alicyclic amines) is 1. The van der Waals surface area contributed by atoms with Crippen molar-refractivity contribution >= 4 is 106 Å². The van der Waals surface area contributed by atoms with E-state index in [0.717, 1.165) is 19.2 Å². The number of nitro benzene ring substituents is 2. The summed E-state index contributed by atoms with van der Waals surface area (Å²) >= 11 is 0. The van der Waals surface area contributed by atoms with Gasteiger partial charge in [-0.2, -0.15) is 0 Å². The zero-order valence-corrected chi connectivity index (χ0v) is 67.5. The van der Waals surface area contributed by atoms with Gasteiger partial charge in [0.15, 0.2) is 11.9 Å². The molecule has 644 valence electrons. The Bertz CT molecular complexity index is 3900. The molecule has 0 aliphatic carbocycles. The predicted octanol–water partition coefficient (Wildman–Crippen LogP) is -0.536. The number of ether oxygens (including phenoxy) is 1. The standard InChI is InChI=1S/C77H118N22O18/c1-8-47(6)65(96-73(110)60-30-21-37-97(60)75(112)55(27-15-17-33-78)88-63(101)44-87-62(100)43-64(102)117-7)74(111)95-57(39-46(4)5)70(107)93-59(41-49-24-13-10-14-25-49)72(109)94-58(40-48-22-11-9-12-23-48)71(108)91-54(29-20-36-86-77(82)83)68(105)92-56(38-45(2)3)69(106)90-53(67(104)89-52(66(79)103)28-19-35-85-76(80)81)26-16-18-34-84-51-32-31-50(98(113)114)42-61(51)99(115)116/h9-14,22-25,31-32,42,45-47,52-60,65,84H,8,15-21,26-30,33-41,43-44,78H2,1-7H3,(H2,79,103)(H,87,100)(H,88,101)(H,89,104)(H,90,106)(H,91,108)(H,92,105)(H,93,107)(H,94,109)(H,95,111)(H,96,110)(H4,80,81,85)(H4,82,83,86)/t47-,52+,53-,54-,55-,56-,57-,58-,59-,60-,65-/m0/s1. The lowest BCUT2D eigenvalue weighted by molar-refractivity contribution is -0.393. The third kappa shape index (κ3) is 35.2. The Labute approximate surface area is 679 Å². The van der Waals surface area contributed by atoms with Gasteiger partial charge in [0, 0.05) is 45.1 Å². The van der Waals surface area contributed by atoms with E-state index in [1.165, 1.54) is 11.0 Å². The summed E-state index contributed by atoms with van der Waals surface area (Å²) in [6, 6.07) is 6.69. The summed E-state index contributed by atoms with van der Waals surface area (Å²) in [5.74, 6) is -12.2. The normalized spacial score (nSPS) is 14.9. The van der Waals surface area contributed by atoms with Gasteiger partial charge in [0.1, 0.15) is 72.5 Å². The number of aliphatic imine (C=N–C) groups is 2. The predicted molar refractivity (Wildman–Crippen MR) is 434 cm³/mol. The number of rotatable bonds is 53. The molecule has 0 radical (unpaired) electrons. The summed E-state index contributed by atoms with van der Waals surface area (Å²) in [5, 5.41) is 53.2. The molecule has 1 saturated heterocycles. The number of nitrogens with two attached hydrogens (primary N) is 6.